The average molecular weight is 186 g/mol. The molecule has 0 aromatic heterocycles. The molecule has 1 heterocycles. The third kappa shape index (κ3) is 2.42. The summed E-state index contributed by atoms with van der Waals surface area (Å²) in [4.78, 5) is 23.6. The summed E-state index contributed by atoms with van der Waals surface area (Å²) in [6, 6.07) is -0.293. The van der Waals surface area contributed by atoms with E-state index in [9.17, 15) is 9.59 Å². The molecule has 2 N–H and O–H groups in total. The Bertz CT molecular complexity index is 217. The second-order valence-corrected chi connectivity index (χ2v) is 3.11. The summed E-state index contributed by atoms with van der Waals surface area (Å²) in [7, 11) is 1.33. The maximum Gasteiger partial charge on any atom is 0.319 e. The maximum absolute atomic E-state index is 10.9. The number of amides is 1. The van der Waals surface area contributed by atoms with Crippen molar-refractivity contribution in [1.82, 2.24) is 4.90 Å². The van der Waals surface area contributed by atoms with E-state index in [0.717, 1.165) is 19.4 Å². The number of hydrogen-bond acceptors (Lipinski definition) is 4. The molecule has 0 aromatic carbocycles. The number of nitrogens with two attached hydrogens (primary N) is 1. The van der Waals surface area contributed by atoms with Gasteiger partial charge in [-0.2, -0.15) is 0 Å². The van der Waals surface area contributed by atoms with Gasteiger partial charge in [-0.3, -0.25) is 14.5 Å². The van der Waals surface area contributed by atoms with E-state index in [-0.39, 0.29) is 24.5 Å². The third-order valence-electron chi connectivity index (χ3n) is 2.25. The Kier molecular flexibility index (Phi) is 3.25. The predicted octanol–water partition coefficient (Wildman–Crippen LogP) is -0.891. The molecule has 1 unspecified atom stereocenters. The van der Waals surface area contributed by atoms with Crippen molar-refractivity contribution in [2.45, 2.75) is 18.9 Å². The van der Waals surface area contributed by atoms with E-state index in [2.05, 4.69) is 4.74 Å². The molecule has 0 aliphatic carbocycles. The van der Waals surface area contributed by atoms with E-state index in [4.69, 9.17) is 5.73 Å². The van der Waals surface area contributed by atoms with Gasteiger partial charge in [0, 0.05) is 0 Å². The summed E-state index contributed by atoms with van der Waals surface area (Å²) in [6.45, 7) is 0.896. The first-order valence-electron chi connectivity index (χ1n) is 4.25. The smallest absolute Gasteiger partial charge is 0.319 e. The van der Waals surface area contributed by atoms with Crippen LogP contribution in [-0.2, 0) is 14.3 Å². The summed E-state index contributed by atoms with van der Waals surface area (Å²) in [5, 5.41) is 0. The average Bonchev–Trinajstić information content (AvgIpc) is 2.52. The molecular formula is C8H14N2O3. The Morgan fingerprint density at radius 2 is 2.31 bits per heavy atom. The van der Waals surface area contributed by atoms with Crippen molar-refractivity contribution in [3.63, 3.8) is 0 Å². The van der Waals surface area contributed by atoms with Gasteiger partial charge in [0.05, 0.1) is 19.7 Å². The molecule has 1 amide bonds. The van der Waals surface area contributed by atoms with Crippen molar-refractivity contribution in [3.05, 3.63) is 0 Å². The first-order chi connectivity index (χ1) is 6.15. The molecule has 1 fully saturated rings. The largest absolute Gasteiger partial charge is 0.468 e. The van der Waals surface area contributed by atoms with Crippen molar-refractivity contribution in [1.29, 1.82) is 0 Å². The number of primary amides is 1. The van der Waals surface area contributed by atoms with Crippen LogP contribution in [0.2, 0.25) is 0 Å². The lowest BCUT2D eigenvalue weighted by atomic mass is 10.2. The molecular weight excluding hydrogens is 172 g/mol. The molecule has 5 nitrogen and oxygen atoms in total. The van der Waals surface area contributed by atoms with Crippen LogP contribution in [0.4, 0.5) is 0 Å². The molecule has 1 aliphatic rings. The number of hydrogen-bond donors (Lipinski definition) is 1. The Balaban J connectivity index is 2.48. The van der Waals surface area contributed by atoms with E-state index in [1.54, 1.807) is 4.90 Å². The molecule has 1 aliphatic heterocycles. The topological polar surface area (TPSA) is 72.6 Å². The lowest BCUT2D eigenvalue weighted by Crippen LogP contribution is -2.42. The van der Waals surface area contributed by atoms with Crippen LogP contribution in [-0.4, -0.2) is 43.0 Å². The number of rotatable bonds is 3. The standard InChI is InChI=1S/C8H14N2O3/c1-13-7(11)5-10-4-2-3-6(10)8(9)12/h6H,2-5H2,1H3,(H2,9,12). The second kappa shape index (κ2) is 4.23. The number of carbonyl (C=O) groups is 2. The summed E-state index contributed by atoms with van der Waals surface area (Å²) < 4.78 is 4.51. The molecule has 13 heavy (non-hydrogen) atoms. The minimum absolute atomic E-state index is 0.157. The molecule has 74 valence electrons. The molecule has 0 radical (unpaired) electrons. The van der Waals surface area contributed by atoms with Crippen LogP contribution in [0.1, 0.15) is 12.8 Å². The van der Waals surface area contributed by atoms with Gasteiger partial charge in [-0.25, -0.2) is 0 Å². The fraction of sp³-hybridized carbons (Fsp3) is 0.750. The summed E-state index contributed by atoms with van der Waals surface area (Å²) in [5.74, 6) is -0.686. The van der Waals surface area contributed by atoms with Crippen LogP contribution in [0, 0.1) is 0 Å². The van der Waals surface area contributed by atoms with Gasteiger partial charge in [0.2, 0.25) is 5.91 Å². The highest BCUT2D eigenvalue weighted by molar-refractivity contribution is 5.81. The lowest BCUT2D eigenvalue weighted by Gasteiger charge is -2.19. The van der Waals surface area contributed by atoms with Crippen LogP contribution >= 0.6 is 0 Å². The van der Waals surface area contributed by atoms with Crippen molar-refractivity contribution in [2.24, 2.45) is 5.73 Å². The molecule has 1 saturated heterocycles. The Hall–Kier alpha value is -1.10. The van der Waals surface area contributed by atoms with Crippen LogP contribution in [0.25, 0.3) is 0 Å². The zero-order chi connectivity index (χ0) is 9.84. The summed E-state index contributed by atoms with van der Waals surface area (Å²) >= 11 is 0. The predicted molar refractivity (Wildman–Crippen MR) is 45.8 cm³/mol. The zero-order valence-corrected chi connectivity index (χ0v) is 7.66. The van der Waals surface area contributed by atoms with Crippen molar-refractivity contribution in [2.75, 3.05) is 20.2 Å². The van der Waals surface area contributed by atoms with Gasteiger partial charge in [0.1, 0.15) is 0 Å². The SMILES string of the molecule is COC(=O)CN1CCCC1C(N)=O. The van der Waals surface area contributed by atoms with Crippen molar-refractivity contribution < 1.29 is 14.3 Å². The fourth-order valence-electron chi connectivity index (χ4n) is 1.57. The zero-order valence-electron chi connectivity index (χ0n) is 7.66. The number of nitrogens with zero attached hydrogens (tertiary/aromatic N) is 1. The van der Waals surface area contributed by atoms with Crippen LogP contribution in [0.15, 0.2) is 0 Å². The highest BCUT2D eigenvalue weighted by atomic mass is 16.5. The highest BCUT2D eigenvalue weighted by Gasteiger charge is 2.30. The number of ether oxygens (including phenoxy) is 1. The van der Waals surface area contributed by atoms with Crippen LogP contribution < -0.4 is 5.73 Å². The van der Waals surface area contributed by atoms with Gasteiger partial charge < -0.3 is 10.5 Å². The highest BCUT2D eigenvalue weighted by Crippen LogP contribution is 2.15. The lowest BCUT2D eigenvalue weighted by molar-refractivity contribution is -0.142. The van der Waals surface area contributed by atoms with Gasteiger partial charge in [-0.1, -0.05) is 0 Å². The van der Waals surface area contributed by atoms with Crippen LogP contribution in [0.3, 0.4) is 0 Å². The van der Waals surface area contributed by atoms with E-state index < -0.39 is 0 Å². The maximum atomic E-state index is 10.9. The number of likely N-dealkylation sites (tertiary alicyclic amines) is 1. The van der Waals surface area contributed by atoms with Gasteiger partial charge in [0.25, 0.3) is 0 Å². The molecule has 0 spiro atoms. The first kappa shape index (κ1) is 9.98. The van der Waals surface area contributed by atoms with E-state index >= 15 is 0 Å². The number of esters is 1. The number of carbonyl (C=O) groups excluding carboxylic acids is 2. The van der Waals surface area contributed by atoms with E-state index in [0.29, 0.717) is 0 Å². The molecule has 0 aromatic rings. The van der Waals surface area contributed by atoms with Crippen molar-refractivity contribution in [3.8, 4) is 0 Å². The molecule has 0 bridgehead atoms. The Morgan fingerprint density at radius 1 is 1.62 bits per heavy atom. The molecule has 0 saturated carbocycles. The van der Waals surface area contributed by atoms with Gasteiger partial charge in [-0.15, -0.1) is 0 Å². The number of methoxy groups -OCH3 is 1. The monoisotopic (exact) mass is 186 g/mol. The van der Waals surface area contributed by atoms with E-state index in [1.165, 1.54) is 7.11 Å². The van der Waals surface area contributed by atoms with Crippen LogP contribution in [0.5, 0.6) is 0 Å². The minimum Gasteiger partial charge on any atom is -0.468 e. The minimum atomic E-state index is -0.360. The fourth-order valence-corrected chi connectivity index (χ4v) is 1.57. The third-order valence-corrected chi connectivity index (χ3v) is 2.25. The van der Waals surface area contributed by atoms with Gasteiger partial charge in [0.15, 0.2) is 0 Å². The van der Waals surface area contributed by atoms with Gasteiger partial charge >= 0.3 is 5.97 Å². The quantitative estimate of drug-likeness (QED) is 0.580. The molecule has 1 rings (SSSR count). The van der Waals surface area contributed by atoms with Crippen molar-refractivity contribution >= 4 is 11.9 Å². The van der Waals surface area contributed by atoms with Gasteiger partial charge in [-0.05, 0) is 19.4 Å². The summed E-state index contributed by atoms with van der Waals surface area (Å²) in [5.41, 5.74) is 5.17. The summed E-state index contributed by atoms with van der Waals surface area (Å²) in [6.07, 6.45) is 1.65. The molecule has 1 atom stereocenters. The second-order valence-electron chi connectivity index (χ2n) is 3.11. The van der Waals surface area contributed by atoms with E-state index in [1.807, 2.05) is 0 Å². The Labute approximate surface area is 76.8 Å². The normalized spacial score (nSPS) is 23.0. The molecule has 5 heteroatoms. The Morgan fingerprint density at radius 3 is 2.85 bits per heavy atom. The first-order valence-corrected chi connectivity index (χ1v) is 4.25.